The number of rotatable bonds is 7. The van der Waals surface area contributed by atoms with E-state index < -0.39 is 6.04 Å². The van der Waals surface area contributed by atoms with Gasteiger partial charge in [-0.1, -0.05) is 42.0 Å². The molecule has 0 aliphatic heterocycles. The molecule has 0 fully saturated rings. The fraction of sp³-hybridized carbons (Fsp3) is 0.222. The molecule has 0 aliphatic carbocycles. The molecule has 0 saturated heterocycles. The van der Waals surface area contributed by atoms with Crippen molar-refractivity contribution in [1.29, 1.82) is 0 Å². The number of amides is 1. The summed E-state index contributed by atoms with van der Waals surface area (Å²) in [5, 5.41) is 2.78. The van der Waals surface area contributed by atoms with Gasteiger partial charge in [0.15, 0.2) is 0 Å². The van der Waals surface area contributed by atoms with Crippen molar-refractivity contribution in [2.75, 3.05) is 6.61 Å². The summed E-state index contributed by atoms with van der Waals surface area (Å²) >= 11 is 0. The largest absolute Gasteiger partial charge is 0.491 e. The third kappa shape index (κ3) is 5.23. The number of nitrogens with two attached hydrogens (primary N) is 1. The van der Waals surface area contributed by atoms with Gasteiger partial charge in [-0.25, -0.2) is 0 Å². The summed E-state index contributed by atoms with van der Waals surface area (Å²) < 4.78 is 5.45. The highest BCUT2D eigenvalue weighted by Crippen LogP contribution is 2.12. The Morgan fingerprint density at radius 3 is 2.70 bits per heavy atom. The Bertz CT molecular complexity index is 668. The molecular formula is C18H20N2O3. The molecule has 1 amide bonds. The summed E-state index contributed by atoms with van der Waals surface area (Å²) in [5.74, 6) is 0.230. The van der Waals surface area contributed by atoms with Crippen LogP contribution < -0.4 is 15.8 Å². The molecule has 120 valence electrons. The zero-order chi connectivity index (χ0) is 16.7. The average molecular weight is 312 g/mol. The molecule has 0 aliphatic rings. The van der Waals surface area contributed by atoms with Gasteiger partial charge in [0.1, 0.15) is 24.7 Å². The fourth-order valence-electron chi connectivity index (χ4n) is 1.97. The number of carbonyl (C=O) groups excluding carboxylic acids is 2. The number of carbonyl (C=O) groups is 2. The summed E-state index contributed by atoms with van der Waals surface area (Å²) in [4.78, 5) is 22.7. The second-order valence-corrected chi connectivity index (χ2v) is 5.31. The van der Waals surface area contributed by atoms with E-state index in [9.17, 15) is 9.59 Å². The highest BCUT2D eigenvalue weighted by atomic mass is 16.5. The van der Waals surface area contributed by atoms with Crippen LogP contribution in [0.5, 0.6) is 5.75 Å². The Kier molecular flexibility index (Phi) is 5.88. The standard InChI is InChI=1S/C18H20N2O3/c1-13-5-7-14(8-6-13)10-20-18(22)17(19)12-23-16-4-2-3-15(9-16)11-21/h2-9,11,17H,10,12,19H2,1H3,(H,20,22). The maximum Gasteiger partial charge on any atom is 0.240 e. The molecule has 3 N–H and O–H groups in total. The number of ether oxygens (including phenoxy) is 1. The minimum atomic E-state index is -0.777. The van der Waals surface area contributed by atoms with Gasteiger partial charge >= 0.3 is 0 Å². The molecule has 0 bridgehead atoms. The molecule has 0 saturated carbocycles. The van der Waals surface area contributed by atoms with Gasteiger partial charge in [-0.3, -0.25) is 9.59 Å². The maximum atomic E-state index is 12.0. The fourth-order valence-corrected chi connectivity index (χ4v) is 1.97. The van der Waals surface area contributed by atoms with Crippen LogP contribution in [0.4, 0.5) is 0 Å². The second kappa shape index (κ2) is 8.10. The van der Waals surface area contributed by atoms with Crippen LogP contribution in [-0.4, -0.2) is 24.8 Å². The summed E-state index contributed by atoms with van der Waals surface area (Å²) in [7, 11) is 0. The molecule has 1 unspecified atom stereocenters. The van der Waals surface area contributed by atoms with Gasteiger partial charge in [0, 0.05) is 12.1 Å². The van der Waals surface area contributed by atoms with Crippen molar-refractivity contribution in [2.45, 2.75) is 19.5 Å². The Morgan fingerprint density at radius 1 is 1.26 bits per heavy atom. The second-order valence-electron chi connectivity index (χ2n) is 5.31. The van der Waals surface area contributed by atoms with Crippen LogP contribution in [-0.2, 0) is 11.3 Å². The molecule has 1 atom stereocenters. The monoisotopic (exact) mass is 312 g/mol. The highest BCUT2D eigenvalue weighted by Gasteiger charge is 2.14. The number of aryl methyl sites for hydroxylation is 1. The Hall–Kier alpha value is -2.66. The first-order valence-corrected chi connectivity index (χ1v) is 7.35. The molecule has 0 heterocycles. The van der Waals surface area contributed by atoms with E-state index >= 15 is 0 Å². The first-order chi connectivity index (χ1) is 11.1. The van der Waals surface area contributed by atoms with Gasteiger partial charge in [-0.05, 0) is 24.6 Å². The first kappa shape index (κ1) is 16.7. The number of hydrogen-bond donors (Lipinski definition) is 2. The quantitative estimate of drug-likeness (QED) is 0.764. The van der Waals surface area contributed by atoms with Gasteiger partial charge in [-0.2, -0.15) is 0 Å². The minimum Gasteiger partial charge on any atom is -0.491 e. The van der Waals surface area contributed by atoms with Crippen molar-refractivity contribution in [3.8, 4) is 5.75 Å². The first-order valence-electron chi connectivity index (χ1n) is 7.35. The van der Waals surface area contributed by atoms with E-state index in [1.54, 1.807) is 24.3 Å². The van der Waals surface area contributed by atoms with Crippen molar-refractivity contribution in [2.24, 2.45) is 5.73 Å². The maximum absolute atomic E-state index is 12.0. The molecule has 2 rings (SSSR count). The lowest BCUT2D eigenvalue weighted by atomic mass is 10.1. The molecule has 23 heavy (non-hydrogen) atoms. The van der Waals surface area contributed by atoms with Crippen LogP contribution in [0.25, 0.3) is 0 Å². The lowest BCUT2D eigenvalue weighted by Crippen LogP contribution is -2.44. The Morgan fingerprint density at radius 2 is 2.00 bits per heavy atom. The number of hydrogen-bond acceptors (Lipinski definition) is 4. The van der Waals surface area contributed by atoms with Crippen molar-refractivity contribution in [3.05, 3.63) is 65.2 Å². The third-order valence-electron chi connectivity index (χ3n) is 3.35. The summed E-state index contributed by atoms with van der Waals surface area (Å²) in [6.45, 7) is 2.48. The van der Waals surface area contributed by atoms with E-state index in [1.807, 2.05) is 31.2 Å². The van der Waals surface area contributed by atoms with Gasteiger partial charge in [0.25, 0.3) is 0 Å². The molecule has 5 heteroatoms. The van der Waals surface area contributed by atoms with Crippen LogP contribution in [0.3, 0.4) is 0 Å². The summed E-state index contributed by atoms with van der Waals surface area (Å²) in [6.07, 6.45) is 0.737. The summed E-state index contributed by atoms with van der Waals surface area (Å²) in [6, 6.07) is 13.8. The lowest BCUT2D eigenvalue weighted by molar-refractivity contribution is -0.123. The Balaban J connectivity index is 1.80. The number of benzene rings is 2. The van der Waals surface area contributed by atoms with E-state index in [-0.39, 0.29) is 12.5 Å². The molecule has 5 nitrogen and oxygen atoms in total. The average Bonchev–Trinajstić information content (AvgIpc) is 2.59. The van der Waals surface area contributed by atoms with Gasteiger partial charge < -0.3 is 15.8 Å². The Labute approximate surface area is 135 Å². The normalized spacial score (nSPS) is 11.6. The number of aldehydes is 1. The zero-order valence-corrected chi connectivity index (χ0v) is 13.0. The molecule has 0 aromatic heterocycles. The van der Waals surface area contributed by atoms with Gasteiger partial charge in [-0.15, -0.1) is 0 Å². The van der Waals surface area contributed by atoms with Crippen molar-refractivity contribution < 1.29 is 14.3 Å². The van der Waals surface area contributed by atoms with Crippen molar-refractivity contribution >= 4 is 12.2 Å². The third-order valence-corrected chi connectivity index (χ3v) is 3.35. The highest BCUT2D eigenvalue weighted by molar-refractivity contribution is 5.81. The van der Waals surface area contributed by atoms with Crippen LogP contribution in [0.2, 0.25) is 0 Å². The molecule has 0 spiro atoms. The van der Waals surface area contributed by atoms with E-state index in [4.69, 9.17) is 10.5 Å². The molecule has 2 aromatic carbocycles. The van der Waals surface area contributed by atoms with Gasteiger partial charge in [0.2, 0.25) is 5.91 Å². The predicted octanol–water partition coefficient (Wildman–Crippen LogP) is 1.83. The number of nitrogens with one attached hydrogen (secondary N) is 1. The topological polar surface area (TPSA) is 81.4 Å². The minimum absolute atomic E-state index is 0.0437. The van der Waals surface area contributed by atoms with E-state index in [0.29, 0.717) is 17.9 Å². The van der Waals surface area contributed by atoms with Crippen LogP contribution in [0.15, 0.2) is 48.5 Å². The van der Waals surface area contributed by atoms with Crippen LogP contribution >= 0.6 is 0 Å². The lowest BCUT2D eigenvalue weighted by Gasteiger charge is -2.14. The van der Waals surface area contributed by atoms with Crippen molar-refractivity contribution in [1.82, 2.24) is 5.32 Å². The van der Waals surface area contributed by atoms with E-state index in [1.165, 1.54) is 5.56 Å². The predicted molar refractivity (Wildman–Crippen MR) is 88.3 cm³/mol. The smallest absolute Gasteiger partial charge is 0.240 e. The van der Waals surface area contributed by atoms with E-state index in [0.717, 1.165) is 11.8 Å². The van der Waals surface area contributed by atoms with Crippen LogP contribution in [0, 0.1) is 6.92 Å². The zero-order valence-electron chi connectivity index (χ0n) is 13.0. The molecular weight excluding hydrogens is 292 g/mol. The SMILES string of the molecule is Cc1ccc(CNC(=O)C(N)COc2cccc(C=O)c2)cc1. The molecule has 0 radical (unpaired) electrons. The molecule has 2 aromatic rings. The van der Waals surface area contributed by atoms with Gasteiger partial charge in [0.05, 0.1) is 0 Å². The van der Waals surface area contributed by atoms with Crippen molar-refractivity contribution in [3.63, 3.8) is 0 Å². The summed E-state index contributed by atoms with van der Waals surface area (Å²) in [5.41, 5.74) is 8.51. The van der Waals surface area contributed by atoms with E-state index in [2.05, 4.69) is 5.32 Å². The van der Waals surface area contributed by atoms with Crippen LogP contribution in [0.1, 0.15) is 21.5 Å².